The van der Waals surface area contributed by atoms with E-state index in [1.807, 2.05) is 0 Å². The first-order valence-corrected chi connectivity index (χ1v) is 6.77. The van der Waals surface area contributed by atoms with Crippen LogP contribution in [0.5, 0.6) is 0 Å². The standard InChI is InChI=1S/C14H18N2O4/c17-14(12-3-1-4-13(9-12)16(18)19)15-7-2-8-20-10-11-5-6-11/h1,3-4,9,11H,2,5-8,10H2,(H,15,17). The van der Waals surface area contributed by atoms with Gasteiger partial charge in [-0.2, -0.15) is 0 Å². The third-order valence-corrected chi connectivity index (χ3v) is 3.12. The van der Waals surface area contributed by atoms with Crippen molar-refractivity contribution in [3.8, 4) is 0 Å². The van der Waals surface area contributed by atoms with E-state index < -0.39 is 4.92 Å². The molecule has 0 unspecified atom stereocenters. The smallest absolute Gasteiger partial charge is 0.270 e. The summed E-state index contributed by atoms with van der Waals surface area (Å²) in [6.07, 6.45) is 3.28. The molecule has 6 nitrogen and oxygen atoms in total. The highest BCUT2D eigenvalue weighted by Gasteiger charge is 2.20. The predicted molar refractivity (Wildman–Crippen MR) is 73.6 cm³/mol. The summed E-state index contributed by atoms with van der Waals surface area (Å²) in [5, 5.41) is 13.4. The number of amides is 1. The number of benzene rings is 1. The van der Waals surface area contributed by atoms with Gasteiger partial charge in [-0.3, -0.25) is 14.9 Å². The third kappa shape index (κ3) is 4.62. The van der Waals surface area contributed by atoms with Gasteiger partial charge in [-0.25, -0.2) is 0 Å². The van der Waals surface area contributed by atoms with Crippen molar-refractivity contribution in [1.82, 2.24) is 5.32 Å². The Labute approximate surface area is 117 Å². The van der Waals surface area contributed by atoms with E-state index in [-0.39, 0.29) is 11.6 Å². The Morgan fingerprint density at radius 2 is 2.25 bits per heavy atom. The summed E-state index contributed by atoms with van der Waals surface area (Å²) in [5.74, 6) is 0.449. The molecule has 1 aliphatic rings. The lowest BCUT2D eigenvalue weighted by Gasteiger charge is -2.06. The second kappa shape index (κ2) is 7.00. The normalized spacial score (nSPS) is 14.0. The zero-order valence-corrected chi connectivity index (χ0v) is 11.2. The molecular weight excluding hydrogens is 260 g/mol. The summed E-state index contributed by atoms with van der Waals surface area (Å²) >= 11 is 0. The number of carbonyl (C=O) groups excluding carboxylic acids is 1. The summed E-state index contributed by atoms with van der Waals surface area (Å²) in [4.78, 5) is 21.9. The van der Waals surface area contributed by atoms with Crippen molar-refractivity contribution >= 4 is 11.6 Å². The van der Waals surface area contributed by atoms with E-state index in [0.29, 0.717) is 18.7 Å². The maximum absolute atomic E-state index is 11.8. The first kappa shape index (κ1) is 14.5. The second-order valence-corrected chi connectivity index (χ2v) is 4.94. The largest absolute Gasteiger partial charge is 0.381 e. The van der Waals surface area contributed by atoms with Crippen molar-refractivity contribution in [3.63, 3.8) is 0 Å². The average Bonchev–Trinajstić information content (AvgIpc) is 3.26. The molecule has 0 spiro atoms. The van der Waals surface area contributed by atoms with Gasteiger partial charge in [-0.1, -0.05) is 6.07 Å². The molecule has 0 aliphatic heterocycles. The fourth-order valence-corrected chi connectivity index (χ4v) is 1.77. The highest BCUT2D eigenvalue weighted by atomic mass is 16.6. The fourth-order valence-electron chi connectivity index (χ4n) is 1.77. The highest BCUT2D eigenvalue weighted by molar-refractivity contribution is 5.94. The van der Waals surface area contributed by atoms with Gasteiger partial charge in [0.2, 0.25) is 0 Å². The van der Waals surface area contributed by atoms with Crippen LogP contribution >= 0.6 is 0 Å². The minimum Gasteiger partial charge on any atom is -0.381 e. The molecule has 1 amide bonds. The van der Waals surface area contributed by atoms with Crippen LogP contribution in [0.1, 0.15) is 29.6 Å². The summed E-state index contributed by atoms with van der Waals surface area (Å²) in [7, 11) is 0. The molecule has 108 valence electrons. The Kier molecular flexibility index (Phi) is 5.06. The van der Waals surface area contributed by atoms with Gasteiger partial charge in [0.05, 0.1) is 4.92 Å². The van der Waals surface area contributed by atoms with E-state index in [9.17, 15) is 14.9 Å². The number of nitrogens with zero attached hydrogens (tertiary/aromatic N) is 1. The van der Waals surface area contributed by atoms with Gasteiger partial charge in [0.1, 0.15) is 0 Å². The van der Waals surface area contributed by atoms with Crippen molar-refractivity contribution in [2.75, 3.05) is 19.8 Å². The van der Waals surface area contributed by atoms with E-state index >= 15 is 0 Å². The van der Waals surface area contributed by atoms with Crippen molar-refractivity contribution in [1.29, 1.82) is 0 Å². The van der Waals surface area contributed by atoms with E-state index in [4.69, 9.17) is 4.74 Å². The van der Waals surface area contributed by atoms with Crippen molar-refractivity contribution in [2.45, 2.75) is 19.3 Å². The minimum atomic E-state index is -0.511. The lowest BCUT2D eigenvalue weighted by molar-refractivity contribution is -0.384. The number of nitrogens with one attached hydrogen (secondary N) is 1. The zero-order valence-electron chi connectivity index (χ0n) is 11.2. The molecule has 6 heteroatoms. The monoisotopic (exact) mass is 278 g/mol. The van der Waals surface area contributed by atoms with Gasteiger partial charge in [-0.05, 0) is 31.2 Å². The number of carbonyl (C=O) groups is 1. The number of nitro benzene ring substituents is 1. The van der Waals surface area contributed by atoms with Gasteiger partial charge >= 0.3 is 0 Å². The summed E-state index contributed by atoms with van der Waals surface area (Å²) in [6.45, 7) is 1.96. The van der Waals surface area contributed by atoms with E-state index in [2.05, 4.69) is 5.32 Å². The minimum absolute atomic E-state index is 0.0783. The fraction of sp³-hybridized carbons (Fsp3) is 0.500. The molecule has 0 bridgehead atoms. The van der Waals surface area contributed by atoms with Crippen LogP contribution in [0.4, 0.5) is 5.69 Å². The number of rotatable bonds is 8. The Morgan fingerprint density at radius 1 is 1.45 bits per heavy atom. The number of nitro groups is 1. The number of hydrogen-bond donors (Lipinski definition) is 1. The summed E-state index contributed by atoms with van der Waals surface area (Å²) in [6, 6.07) is 5.71. The molecular formula is C14H18N2O4. The molecule has 0 radical (unpaired) electrons. The molecule has 0 saturated heterocycles. The van der Waals surface area contributed by atoms with Crippen LogP contribution in [0.3, 0.4) is 0 Å². The van der Waals surface area contributed by atoms with Crippen LogP contribution in [0, 0.1) is 16.0 Å². The topological polar surface area (TPSA) is 81.5 Å². The van der Waals surface area contributed by atoms with Gasteiger partial charge < -0.3 is 10.1 Å². The molecule has 1 saturated carbocycles. The Balaban J connectivity index is 1.68. The maximum atomic E-state index is 11.8. The number of non-ortho nitro benzene ring substituents is 1. The van der Waals surface area contributed by atoms with Gasteiger partial charge in [0.25, 0.3) is 11.6 Å². The SMILES string of the molecule is O=C(NCCCOCC1CC1)c1cccc([N+](=O)[O-])c1. The summed E-state index contributed by atoms with van der Waals surface area (Å²) in [5.41, 5.74) is 0.225. The number of hydrogen-bond acceptors (Lipinski definition) is 4. The lowest BCUT2D eigenvalue weighted by atomic mass is 10.2. The molecule has 0 atom stereocenters. The van der Waals surface area contributed by atoms with Crippen LogP contribution in [0.15, 0.2) is 24.3 Å². The number of ether oxygens (including phenoxy) is 1. The van der Waals surface area contributed by atoms with Gasteiger partial charge in [0, 0.05) is 37.5 Å². The molecule has 20 heavy (non-hydrogen) atoms. The molecule has 2 rings (SSSR count). The molecule has 1 aromatic carbocycles. The average molecular weight is 278 g/mol. The Morgan fingerprint density at radius 3 is 2.95 bits per heavy atom. The Bertz CT molecular complexity index is 486. The summed E-state index contributed by atoms with van der Waals surface area (Å²) < 4.78 is 5.46. The van der Waals surface area contributed by atoms with Crippen LogP contribution in [0.25, 0.3) is 0 Å². The molecule has 1 fully saturated rings. The first-order valence-electron chi connectivity index (χ1n) is 6.77. The molecule has 1 aromatic rings. The molecule has 1 N–H and O–H groups in total. The quantitative estimate of drug-likeness (QED) is 0.449. The first-order chi connectivity index (χ1) is 9.66. The van der Waals surface area contributed by atoms with Crippen LogP contribution in [-0.4, -0.2) is 30.6 Å². The van der Waals surface area contributed by atoms with E-state index in [1.165, 1.54) is 31.0 Å². The van der Waals surface area contributed by atoms with Crippen LogP contribution < -0.4 is 5.32 Å². The van der Waals surface area contributed by atoms with Crippen LogP contribution in [0.2, 0.25) is 0 Å². The third-order valence-electron chi connectivity index (χ3n) is 3.12. The van der Waals surface area contributed by atoms with Crippen molar-refractivity contribution < 1.29 is 14.5 Å². The van der Waals surface area contributed by atoms with E-state index in [0.717, 1.165) is 18.9 Å². The Hall–Kier alpha value is -1.95. The highest BCUT2D eigenvalue weighted by Crippen LogP contribution is 2.28. The van der Waals surface area contributed by atoms with Gasteiger partial charge in [-0.15, -0.1) is 0 Å². The maximum Gasteiger partial charge on any atom is 0.270 e. The van der Waals surface area contributed by atoms with Crippen molar-refractivity contribution in [3.05, 3.63) is 39.9 Å². The van der Waals surface area contributed by atoms with E-state index in [1.54, 1.807) is 6.07 Å². The van der Waals surface area contributed by atoms with Gasteiger partial charge in [0.15, 0.2) is 0 Å². The van der Waals surface area contributed by atoms with Crippen molar-refractivity contribution in [2.24, 2.45) is 5.92 Å². The predicted octanol–water partition coefficient (Wildman–Crippen LogP) is 2.14. The lowest BCUT2D eigenvalue weighted by Crippen LogP contribution is -2.25. The zero-order chi connectivity index (χ0) is 14.4. The molecule has 0 heterocycles. The second-order valence-electron chi connectivity index (χ2n) is 4.94. The van der Waals surface area contributed by atoms with Crippen LogP contribution in [-0.2, 0) is 4.74 Å². The molecule has 1 aliphatic carbocycles. The molecule has 0 aromatic heterocycles.